The van der Waals surface area contributed by atoms with E-state index >= 15 is 0 Å². The second-order valence-electron chi connectivity index (χ2n) is 5.15. The molecule has 9 heteroatoms. The molecule has 0 aromatic rings. The van der Waals surface area contributed by atoms with Crippen molar-refractivity contribution in [2.24, 2.45) is 0 Å². The Morgan fingerprint density at radius 2 is 1.61 bits per heavy atom. The Bertz CT molecular complexity index is 477. The van der Waals surface area contributed by atoms with Gasteiger partial charge in [0.15, 0.2) is 0 Å². The van der Waals surface area contributed by atoms with Crippen molar-refractivity contribution in [3.63, 3.8) is 0 Å². The monoisotopic (exact) mass is 331 g/mol. The number of esters is 3. The van der Waals surface area contributed by atoms with Crippen LogP contribution in [0.25, 0.3) is 0 Å². The standard InChI is InChI=1S/C14H21NO8/c1-7(16)15-11-5-12(21-9(3)18)13(6-20-8(2)17)23-14(11)22-10(4)19/h11-14H,5-6H2,1-4H3,(H,15,16)/t11-,12-,13+,14+/m0/s1. The fourth-order valence-electron chi connectivity index (χ4n) is 2.21. The minimum absolute atomic E-state index is 0.156. The van der Waals surface area contributed by atoms with Crippen LogP contribution in [0.3, 0.4) is 0 Å². The second kappa shape index (κ2) is 8.47. The van der Waals surface area contributed by atoms with E-state index in [1.165, 1.54) is 27.7 Å². The lowest BCUT2D eigenvalue weighted by atomic mass is 10.00. The van der Waals surface area contributed by atoms with Crippen LogP contribution >= 0.6 is 0 Å². The van der Waals surface area contributed by atoms with Crippen molar-refractivity contribution in [1.29, 1.82) is 0 Å². The van der Waals surface area contributed by atoms with Gasteiger partial charge in [0, 0.05) is 34.1 Å². The van der Waals surface area contributed by atoms with Gasteiger partial charge in [0.25, 0.3) is 0 Å². The number of rotatable bonds is 5. The summed E-state index contributed by atoms with van der Waals surface area (Å²) in [6.07, 6.45) is -2.47. The fraction of sp³-hybridized carbons (Fsp3) is 0.714. The molecule has 0 unspecified atom stereocenters. The highest BCUT2D eigenvalue weighted by atomic mass is 16.7. The summed E-state index contributed by atoms with van der Waals surface area (Å²) in [5, 5.41) is 2.59. The highest BCUT2D eigenvalue weighted by molar-refractivity contribution is 5.73. The number of carbonyl (C=O) groups excluding carboxylic acids is 4. The zero-order valence-electron chi connectivity index (χ0n) is 13.5. The summed E-state index contributed by atoms with van der Waals surface area (Å²) in [5.74, 6) is -2.01. The predicted molar refractivity (Wildman–Crippen MR) is 74.8 cm³/mol. The number of hydrogen-bond donors (Lipinski definition) is 1. The molecule has 0 spiro atoms. The first-order chi connectivity index (χ1) is 10.7. The molecule has 0 aliphatic carbocycles. The maximum atomic E-state index is 11.3. The number of hydrogen-bond acceptors (Lipinski definition) is 8. The third-order valence-corrected chi connectivity index (χ3v) is 2.98. The first-order valence-electron chi connectivity index (χ1n) is 7.09. The number of amides is 1. The molecule has 1 saturated heterocycles. The van der Waals surface area contributed by atoms with Gasteiger partial charge in [-0.2, -0.15) is 0 Å². The number of ether oxygens (including phenoxy) is 4. The lowest BCUT2D eigenvalue weighted by molar-refractivity contribution is -0.243. The van der Waals surface area contributed by atoms with Crippen LogP contribution in [-0.4, -0.2) is 55.0 Å². The molecule has 0 radical (unpaired) electrons. The van der Waals surface area contributed by atoms with E-state index in [-0.39, 0.29) is 18.9 Å². The van der Waals surface area contributed by atoms with Crippen LogP contribution < -0.4 is 5.32 Å². The fourth-order valence-corrected chi connectivity index (χ4v) is 2.21. The molecule has 1 heterocycles. The van der Waals surface area contributed by atoms with E-state index in [1.807, 2.05) is 0 Å². The SMILES string of the molecule is CC(=O)N[C@H]1C[C@H](OC(C)=O)[C@@H](COC(C)=O)O[C@H]1OC(C)=O. The summed E-state index contributed by atoms with van der Waals surface area (Å²) >= 11 is 0. The van der Waals surface area contributed by atoms with Crippen LogP contribution in [0, 0.1) is 0 Å². The van der Waals surface area contributed by atoms with Crippen LogP contribution in [0.1, 0.15) is 34.1 Å². The van der Waals surface area contributed by atoms with Gasteiger partial charge >= 0.3 is 17.9 Å². The third kappa shape index (κ3) is 6.64. The zero-order valence-corrected chi connectivity index (χ0v) is 13.5. The number of nitrogens with one attached hydrogen (secondary N) is 1. The van der Waals surface area contributed by atoms with E-state index in [4.69, 9.17) is 18.9 Å². The summed E-state index contributed by atoms with van der Waals surface area (Å²) in [6, 6.07) is -0.686. The van der Waals surface area contributed by atoms with Crippen molar-refractivity contribution in [2.75, 3.05) is 6.61 Å². The predicted octanol–water partition coefficient (Wildman–Crippen LogP) is -0.336. The molecule has 1 fully saturated rings. The maximum Gasteiger partial charge on any atom is 0.305 e. The van der Waals surface area contributed by atoms with Gasteiger partial charge in [-0.3, -0.25) is 19.2 Å². The molecule has 0 aromatic carbocycles. The Balaban J connectivity index is 2.89. The van der Waals surface area contributed by atoms with E-state index in [9.17, 15) is 19.2 Å². The van der Waals surface area contributed by atoms with Crippen molar-refractivity contribution in [3.05, 3.63) is 0 Å². The molecule has 0 bridgehead atoms. The zero-order chi connectivity index (χ0) is 17.6. The van der Waals surface area contributed by atoms with E-state index in [0.29, 0.717) is 0 Å². The quantitative estimate of drug-likeness (QED) is 0.537. The largest absolute Gasteiger partial charge is 0.463 e. The Hall–Kier alpha value is -2.16. The Kier molecular flexibility index (Phi) is 6.95. The van der Waals surface area contributed by atoms with Crippen LogP contribution in [0.2, 0.25) is 0 Å². The molecule has 9 nitrogen and oxygen atoms in total. The normalized spacial score (nSPS) is 26.8. The smallest absolute Gasteiger partial charge is 0.305 e. The van der Waals surface area contributed by atoms with Crippen molar-refractivity contribution in [3.8, 4) is 0 Å². The molecular weight excluding hydrogens is 310 g/mol. The lowest BCUT2D eigenvalue weighted by Crippen LogP contribution is -2.57. The Morgan fingerprint density at radius 1 is 1.00 bits per heavy atom. The van der Waals surface area contributed by atoms with Crippen LogP contribution in [0.4, 0.5) is 0 Å². The molecule has 0 saturated carbocycles. The Morgan fingerprint density at radius 3 is 2.09 bits per heavy atom. The van der Waals surface area contributed by atoms with Crippen molar-refractivity contribution in [2.45, 2.75) is 58.7 Å². The van der Waals surface area contributed by atoms with E-state index in [1.54, 1.807) is 0 Å². The van der Waals surface area contributed by atoms with Crippen molar-refractivity contribution >= 4 is 23.8 Å². The van der Waals surface area contributed by atoms with Crippen LogP contribution in [-0.2, 0) is 38.1 Å². The van der Waals surface area contributed by atoms with Gasteiger partial charge < -0.3 is 24.3 Å². The second-order valence-corrected chi connectivity index (χ2v) is 5.15. The minimum atomic E-state index is -1.07. The summed E-state index contributed by atoms with van der Waals surface area (Å²) in [4.78, 5) is 44.7. The van der Waals surface area contributed by atoms with E-state index in [2.05, 4.69) is 5.32 Å². The van der Waals surface area contributed by atoms with Crippen LogP contribution in [0.5, 0.6) is 0 Å². The van der Waals surface area contributed by atoms with Crippen molar-refractivity contribution < 1.29 is 38.1 Å². The van der Waals surface area contributed by atoms with Gasteiger partial charge in [-0.25, -0.2) is 0 Å². The average molecular weight is 331 g/mol. The lowest BCUT2D eigenvalue weighted by Gasteiger charge is -2.39. The Labute approximate surface area is 133 Å². The van der Waals surface area contributed by atoms with Gasteiger partial charge in [-0.15, -0.1) is 0 Å². The van der Waals surface area contributed by atoms with E-state index in [0.717, 1.165) is 0 Å². The van der Waals surface area contributed by atoms with Gasteiger partial charge in [0.2, 0.25) is 12.2 Å². The minimum Gasteiger partial charge on any atom is -0.463 e. The molecule has 1 aliphatic heterocycles. The highest BCUT2D eigenvalue weighted by Gasteiger charge is 2.42. The van der Waals surface area contributed by atoms with Crippen LogP contribution in [0.15, 0.2) is 0 Å². The van der Waals surface area contributed by atoms with Crippen molar-refractivity contribution in [1.82, 2.24) is 5.32 Å². The summed E-state index contributed by atoms with van der Waals surface area (Å²) < 4.78 is 20.6. The molecular formula is C14H21NO8. The molecule has 1 N–H and O–H groups in total. The summed E-state index contributed by atoms with van der Waals surface area (Å²) in [7, 11) is 0. The average Bonchev–Trinajstić information content (AvgIpc) is 2.38. The third-order valence-electron chi connectivity index (χ3n) is 2.98. The highest BCUT2D eigenvalue weighted by Crippen LogP contribution is 2.24. The van der Waals surface area contributed by atoms with Gasteiger partial charge in [-0.1, -0.05) is 0 Å². The summed E-state index contributed by atoms with van der Waals surface area (Å²) in [5.41, 5.74) is 0. The molecule has 1 amide bonds. The first-order valence-corrected chi connectivity index (χ1v) is 7.09. The molecule has 0 aromatic heterocycles. The van der Waals surface area contributed by atoms with Gasteiger partial charge in [0.05, 0.1) is 6.04 Å². The molecule has 1 rings (SSSR count). The van der Waals surface area contributed by atoms with E-state index < -0.39 is 42.4 Å². The van der Waals surface area contributed by atoms with Gasteiger partial charge in [0.1, 0.15) is 18.8 Å². The topological polar surface area (TPSA) is 117 Å². The summed E-state index contributed by atoms with van der Waals surface area (Å²) in [6.45, 7) is 4.80. The van der Waals surface area contributed by atoms with Gasteiger partial charge in [-0.05, 0) is 0 Å². The molecule has 1 aliphatic rings. The molecule has 23 heavy (non-hydrogen) atoms. The maximum absolute atomic E-state index is 11.3. The number of carbonyl (C=O) groups is 4. The molecule has 4 atom stereocenters. The molecule has 130 valence electrons. The first kappa shape index (κ1) is 18.9.